The van der Waals surface area contributed by atoms with Gasteiger partial charge < -0.3 is 10.8 Å². The molecule has 0 unspecified atom stereocenters. The van der Waals surface area contributed by atoms with E-state index >= 15 is 0 Å². The lowest BCUT2D eigenvalue weighted by atomic mass is 9.90. The van der Waals surface area contributed by atoms with E-state index in [2.05, 4.69) is 0 Å². The molecule has 0 spiro atoms. The Morgan fingerprint density at radius 2 is 2.00 bits per heavy atom. The van der Waals surface area contributed by atoms with Gasteiger partial charge in [-0.25, -0.2) is 8.78 Å². The fourth-order valence-electron chi connectivity index (χ4n) is 1.27. The summed E-state index contributed by atoms with van der Waals surface area (Å²) in [5, 5.41) is 8.59. The molecule has 90 valence electrons. The zero-order valence-corrected chi connectivity index (χ0v) is 9.35. The van der Waals surface area contributed by atoms with Gasteiger partial charge in [0.05, 0.1) is 6.42 Å². The summed E-state index contributed by atoms with van der Waals surface area (Å²) in [7, 11) is 0. The number of rotatable bonds is 3. The molecule has 0 saturated heterocycles. The molecule has 1 aromatic rings. The van der Waals surface area contributed by atoms with Gasteiger partial charge in [-0.1, -0.05) is 6.07 Å². The molecule has 1 atom stereocenters. The monoisotopic (exact) mass is 251 g/mol. The lowest BCUT2D eigenvalue weighted by molar-refractivity contribution is -0.138. The molecule has 0 heterocycles. The van der Waals surface area contributed by atoms with Gasteiger partial charge in [-0.2, -0.15) is 0 Å². The van der Waals surface area contributed by atoms with Crippen molar-refractivity contribution in [2.24, 2.45) is 5.73 Å². The largest absolute Gasteiger partial charge is 0.481 e. The first kappa shape index (κ1) is 14.8. The fraction of sp³-hybridized carbons (Fsp3) is 0.300. The summed E-state index contributed by atoms with van der Waals surface area (Å²) >= 11 is 0. The number of benzene rings is 1. The molecule has 0 aliphatic rings. The summed E-state index contributed by atoms with van der Waals surface area (Å²) in [4.78, 5) is 10.5. The molecule has 1 rings (SSSR count). The van der Waals surface area contributed by atoms with Gasteiger partial charge in [-0.05, 0) is 24.6 Å². The van der Waals surface area contributed by atoms with Crippen LogP contribution in [-0.2, 0) is 10.3 Å². The van der Waals surface area contributed by atoms with Crippen LogP contribution >= 0.6 is 12.4 Å². The Morgan fingerprint density at radius 3 is 2.44 bits per heavy atom. The van der Waals surface area contributed by atoms with Crippen LogP contribution in [0.3, 0.4) is 0 Å². The van der Waals surface area contributed by atoms with Crippen molar-refractivity contribution < 1.29 is 18.7 Å². The predicted molar refractivity (Wildman–Crippen MR) is 57.4 cm³/mol. The van der Waals surface area contributed by atoms with Crippen LogP contribution in [-0.4, -0.2) is 11.1 Å². The number of nitrogens with two attached hydrogens (primary N) is 1. The first-order valence-corrected chi connectivity index (χ1v) is 4.29. The maximum Gasteiger partial charge on any atom is 0.305 e. The van der Waals surface area contributed by atoms with Gasteiger partial charge in [0.15, 0.2) is 11.6 Å². The highest BCUT2D eigenvalue weighted by Gasteiger charge is 2.25. The van der Waals surface area contributed by atoms with E-state index in [0.29, 0.717) is 0 Å². The number of halogens is 3. The Morgan fingerprint density at radius 1 is 1.44 bits per heavy atom. The molecular formula is C10H12ClF2NO2. The average Bonchev–Trinajstić information content (AvgIpc) is 2.07. The second kappa shape index (κ2) is 5.23. The standard InChI is InChI=1S/C10H11F2NO2.ClH/c1-10(13,5-9(14)15)6-2-3-7(11)8(12)4-6;/h2-4H,5,13H2,1H3,(H,14,15);1H/t10-;/m0./s1. The molecule has 3 nitrogen and oxygen atoms in total. The summed E-state index contributed by atoms with van der Waals surface area (Å²) in [6.07, 6.45) is -0.349. The topological polar surface area (TPSA) is 63.3 Å². The van der Waals surface area contributed by atoms with E-state index in [1.54, 1.807) is 0 Å². The lowest BCUT2D eigenvalue weighted by Crippen LogP contribution is -2.35. The molecule has 16 heavy (non-hydrogen) atoms. The smallest absolute Gasteiger partial charge is 0.305 e. The van der Waals surface area contributed by atoms with Gasteiger partial charge in [0.1, 0.15) is 0 Å². The van der Waals surface area contributed by atoms with Gasteiger partial charge in [-0.3, -0.25) is 4.79 Å². The second-order valence-electron chi connectivity index (χ2n) is 3.62. The van der Waals surface area contributed by atoms with E-state index in [1.165, 1.54) is 13.0 Å². The zero-order valence-electron chi connectivity index (χ0n) is 8.54. The summed E-state index contributed by atoms with van der Waals surface area (Å²) < 4.78 is 25.5. The number of hydrogen-bond acceptors (Lipinski definition) is 2. The van der Waals surface area contributed by atoms with Crippen molar-refractivity contribution in [2.75, 3.05) is 0 Å². The van der Waals surface area contributed by atoms with E-state index in [-0.39, 0.29) is 24.4 Å². The highest BCUT2D eigenvalue weighted by atomic mass is 35.5. The summed E-state index contributed by atoms with van der Waals surface area (Å²) in [6.45, 7) is 1.45. The molecular weight excluding hydrogens is 240 g/mol. The van der Waals surface area contributed by atoms with Gasteiger partial charge in [0.2, 0.25) is 0 Å². The van der Waals surface area contributed by atoms with Crippen molar-refractivity contribution in [2.45, 2.75) is 18.9 Å². The van der Waals surface area contributed by atoms with Crippen molar-refractivity contribution in [3.63, 3.8) is 0 Å². The molecule has 0 fully saturated rings. The van der Waals surface area contributed by atoms with Crippen LogP contribution in [0.15, 0.2) is 18.2 Å². The van der Waals surface area contributed by atoms with Crippen molar-refractivity contribution in [1.29, 1.82) is 0 Å². The normalized spacial score (nSPS) is 13.8. The highest BCUT2D eigenvalue weighted by Crippen LogP contribution is 2.23. The number of carboxylic acids is 1. The molecule has 0 bridgehead atoms. The third-order valence-electron chi connectivity index (χ3n) is 2.10. The maximum atomic E-state index is 12.9. The minimum Gasteiger partial charge on any atom is -0.481 e. The first-order valence-electron chi connectivity index (χ1n) is 4.29. The van der Waals surface area contributed by atoms with Gasteiger partial charge >= 0.3 is 5.97 Å². The number of hydrogen-bond donors (Lipinski definition) is 2. The third-order valence-corrected chi connectivity index (χ3v) is 2.10. The maximum absolute atomic E-state index is 12.9. The lowest BCUT2D eigenvalue weighted by Gasteiger charge is -2.23. The van der Waals surface area contributed by atoms with Crippen LogP contribution in [0.5, 0.6) is 0 Å². The number of aliphatic carboxylic acids is 1. The number of carbonyl (C=O) groups is 1. The van der Waals surface area contributed by atoms with Crippen molar-refractivity contribution >= 4 is 18.4 Å². The van der Waals surface area contributed by atoms with Crippen molar-refractivity contribution in [3.05, 3.63) is 35.4 Å². The molecule has 0 radical (unpaired) electrons. The van der Waals surface area contributed by atoms with Gasteiger partial charge in [-0.15, -0.1) is 12.4 Å². The minimum absolute atomic E-state index is 0. The first-order chi connectivity index (χ1) is 6.83. The Hall–Kier alpha value is -1.20. The summed E-state index contributed by atoms with van der Waals surface area (Å²) in [5.74, 6) is -3.11. The molecule has 6 heteroatoms. The molecule has 0 amide bonds. The molecule has 0 aliphatic carbocycles. The number of carboxylic acid groups (broad SMARTS) is 1. The van der Waals surface area contributed by atoms with Crippen LogP contribution in [0.25, 0.3) is 0 Å². The third kappa shape index (κ3) is 3.43. The van der Waals surface area contributed by atoms with E-state index in [0.717, 1.165) is 12.1 Å². The minimum atomic E-state index is -1.21. The Kier molecular flexibility index (Phi) is 4.83. The second-order valence-corrected chi connectivity index (χ2v) is 3.62. The average molecular weight is 252 g/mol. The molecule has 0 aliphatic heterocycles. The Bertz CT molecular complexity index is 396. The molecule has 1 aromatic carbocycles. The summed E-state index contributed by atoms with van der Waals surface area (Å²) in [5.41, 5.74) is 4.73. The fourth-order valence-corrected chi connectivity index (χ4v) is 1.27. The van der Waals surface area contributed by atoms with Crippen LogP contribution in [0.1, 0.15) is 18.9 Å². The van der Waals surface area contributed by atoms with Crippen molar-refractivity contribution in [3.8, 4) is 0 Å². The van der Waals surface area contributed by atoms with Gasteiger partial charge in [0.25, 0.3) is 0 Å². The zero-order chi connectivity index (χ0) is 11.6. The van der Waals surface area contributed by atoms with Crippen molar-refractivity contribution in [1.82, 2.24) is 0 Å². The van der Waals surface area contributed by atoms with Crippen LogP contribution < -0.4 is 5.73 Å². The SMILES string of the molecule is C[C@](N)(CC(=O)O)c1ccc(F)c(F)c1.Cl. The quantitative estimate of drug-likeness (QED) is 0.864. The Balaban J connectivity index is 0.00000225. The van der Waals surface area contributed by atoms with Crippen LogP contribution in [0, 0.1) is 11.6 Å². The van der Waals surface area contributed by atoms with Gasteiger partial charge in [0, 0.05) is 5.54 Å². The van der Waals surface area contributed by atoms with E-state index in [1.807, 2.05) is 0 Å². The van der Waals surface area contributed by atoms with E-state index in [4.69, 9.17) is 10.8 Å². The molecule has 3 N–H and O–H groups in total. The molecule has 0 saturated carbocycles. The van der Waals surface area contributed by atoms with E-state index < -0.39 is 23.1 Å². The van der Waals surface area contributed by atoms with Crippen LogP contribution in [0.4, 0.5) is 8.78 Å². The van der Waals surface area contributed by atoms with Crippen LogP contribution in [0.2, 0.25) is 0 Å². The summed E-state index contributed by atoms with van der Waals surface area (Å²) in [6, 6.07) is 3.12. The van der Waals surface area contributed by atoms with E-state index in [9.17, 15) is 13.6 Å². The molecule has 0 aromatic heterocycles. The predicted octanol–water partition coefficient (Wildman–Crippen LogP) is 2.04. The Labute approximate surface area is 97.7 Å². The highest BCUT2D eigenvalue weighted by molar-refractivity contribution is 5.85.